The van der Waals surface area contributed by atoms with Crippen molar-refractivity contribution in [1.29, 1.82) is 0 Å². The summed E-state index contributed by atoms with van der Waals surface area (Å²) in [6.07, 6.45) is 4.83. The first-order chi connectivity index (χ1) is 14.0. The zero-order chi connectivity index (χ0) is 20.5. The van der Waals surface area contributed by atoms with Gasteiger partial charge in [0.15, 0.2) is 0 Å². The van der Waals surface area contributed by atoms with Gasteiger partial charge in [-0.1, -0.05) is 0 Å². The molecule has 1 aromatic carbocycles. The van der Waals surface area contributed by atoms with Gasteiger partial charge in [0.25, 0.3) is 0 Å². The summed E-state index contributed by atoms with van der Waals surface area (Å²) in [5.74, 6) is -1.13. The van der Waals surface area contributed by atoms with Crippen LogP contribution in [0.4, 0.5) is 15.8 Å². The normalized spacial score (nSPS) is 14.5. The van der Waals surface area contributed by atoms with E-state index in [2.05, 4.69) is 10.1 Å². The first kappa shape index (κ1) is 18.9. The number of nitrogens with zero attached hydrogens (tertiary/aromatic N) is 5. The molecule has 0 saturated carbocycles. The van der Waals surface area contributed by atoms with E-state index in [1.54, 1.807) is 46.9 Å². The molecule has 8 nitrogen and oxygen atoms in total. The van der Waals surface area contributed by atoms with E-state index in [1.165, 1.54) is 18.3 Å². The number of aryl methyl sites for hydroxylation is 1. The number of piperazine rings is 1. The van der Waals surface area contributed by atoms with Gasteiger partial charge in [-0.2, -0.15) is 5.10 Å². The van der Waals surface area contributed by atoms with E-state index in [9.17, 15) is 14.0 Å². The Bertz CT molecular complexity index is 1100. The number of amides is 1. The monoisotopic (exact) mass is 397 g/mol. The molecule has 0 N–H and O–H groups in total. The Morgan fingerprint density at radius 1 is 1.28 bits per heavy atom. The highest BCUT2D eigenvalue weighted by atomic mass is 19.1. The minimum atomic E-state index is -0.553. The maximum absolute atomic E-state index is 14.0. The van der Waals surface area contributed by atoms with Gasteiger partial charge in [-0.15, -0.1) is 0 Å². The van der Waals surface area contributed by atoms with Gasteiger partial charge in [0, 0.05) is 37.9 Å². The third-order valence-electron chi connectivity index (χ3n) is 4.84. The van der Waals surface area contributed by atoms with Crippen LogP contribution >= 0.6 is 0 Å². The lowest BCUT2D eigenvalue weighted by Gasteiger charge is -2.36. The summed E-state index contributed by atoms with van der Waals surface area (Å²) in [7, 11) is 1.79. The molecule has 1 saturated heterocycles. The van der Waals surface area contributed by atoms with E-state index in [4.69, 9.17) is 4.74 Å². The molecular formula is C20H20FN5O3. The lowest BCUT2D eigenvalue weighted by molar-refractivity contribution is -0.117. The SMILES string of the molecule is CCOC(=O)c1cnc2ccc(F)cc2c1N1CCN(c2cnn(C)c2)C(=O)C1. The highest BCUT2D eigenvalue weighted by Gasteiger charge is 2.30. The molecular weight excluding hydrogens is 377 g/mol. The van der Waals surface area contributed by atoms with Gasteiger partial charge < -0.3 is 14.5 Å². The molecule has 0 aliphatic carbocycles. The Balaban J connectivity index is 1.74. The fraction of sp³-hybridized carbons (Fsp3) is 0.300. The molecule has 2 aromatic heterocycles. The summed E-state index contributed by atoms with van der Waals surface area (Å²) in [4.78, 5) is 33.1. The second-order valence-electron chi connectivity index (χ2n) is 6.74. The van der Waals surface area contributed by atoms with Crippen LogP contribution in [0, 0.1) is 5.82 Å². The number of esters is 1. The number of benzene rings is 1. The molecule has 1 aliphatic heterocycles. The van der Waals surface area contributed by atoms with Crippen LogP contribution in [0.15, 0.2) is 36.8 Å². The Morgan fingerprint density at radius 2 is 2.10 bits per heavy atom. The lowest BCUT2D eigenvalue weighted by Crippen LogP contribution is -2.51. The van der Waals surface area contributed by atoms with Gasteiger partial charge in [-0.05, 0) is 25.1 Å². The number of ether oxygens (including phenoxy) is 1. The maximum atomic E-state index is 14.0. The minimum Gasteiger partial charge on any atom is -0.462 e. The number of rotatable bonds is 4. The molecule has 4 rings (SSSR count). The summed E-state index contributed by atoms with van der Waals surface area (Å²) in [6, 6.07) is 4.20. The van der Waals surface area contributed by atoms with Gasteiger partial charge in [-0.3, -0.25) is 14.5 Å². The zero-order valence-electron chi connectivity index (χ0n) is 16.1. The van der Waals surface area contributed by atoms with Gasteiger partial charge in [0.05, 0.1) is 36.2 Å². The van der Waals surface area contributed by atoms with E-state index < -0.39 is 11.8 Å². The van der Waals surface area contributed by atoms with Crippen LogP contribution in [0.5, 0.6) is 0 Å². The Hall–Kier alpha value is -3.49. The standard InChI is InChI=1S/C20H20FN5O3/c1-3-29-20(28)16-10-22-17-5-4-13(21)8-15(17)19(16)25-6-7-26(18(27)12-25)14-9-23-24(2)11-14/h4-5,8-11H,3,6-7,12H2,1-2H3. The average molecular weight is 397 g/mol. The predicted molar refractivity (Wildman–Crippen MR) is 105 cm³/mol. The van der Waals surface area contributed by atoms with Crippen molar-refractivity contribution in [3.05, 3.63) is 48.2 Å². The number of pyridine rings is 1. The molecule has 0 radical (unpaired) electrons. The van der Waals surface area contributed by atoms with Crippen molar-refractivity contribution >= 4 is 34.2 Å². The topological polar surface area (TPSA) is 80.6 Å². The molecule has 0 atom stereocenters. The van der Waals surface area contributed by atoms with E-state index >= 15 is 0 Å². The van der Waals surface area contributed by atoms with Crippen LogP contribution in [0.2, 0.25) is 0 Å². The van der Waals surface area contributed by atoms with Gasteiger partial charge in [0.1, 0.15) is 11.4 Å². The molecule has 3 heterocycles. The summed E-state index contributed by atoms with van der Waals surface area (Å²) in [5.41, 5.74) is 1.93. The molecule has 1 aliphatic rings. The summed E-state index contributed by atoms with van der Waals surface area (Å²) in [5, 5.41) is 4.58. The van der Waals surface area contributed by atoms with Crippen LogP contribution in [0.3, 0.4) is 0 Å². The van der Waals surface area contributed by atoms with Crippen LogP contribution in [0.25, 0.3) is 10.9 Å². The average Bonchev–Trinajstić information content (AvgIpc) is 3.13. The van der Waals surface area contributed by atoms with Crippen LogP contribution < -0.4 is 9.80 Å². The number of anilines is 2. The molecule has 150 valence electrons. The highest BCUT2D eigenvalue weighted by molar-refractivity contribution is 6.07. The van der Waals surface area contributed by atoms with Gasteiger partial charge in [0.2, 0.25) is 5.91 Å². The van der Waals surface area contributed by atoms with E-state index in [1.807, 2.05) is 0 Å². The summed E-state index contributed by atoms with van der Waals surface area (Å²) < 4.78 is 20.8. The summed E-state index contributed by atoms with van der Waals surface area (Å²) in [6.45, 7) is 2.82. The van der Waals surface area contributed by atoms with Crippen molar-refractivity contribution < 1.29 is 18.7 Å². The predicted octanol–water partition coefficient (Wildman–Crippen LogP) is 2.14. The second-order valence-corrected chi connectivity index (χ2v) is 6.74. The largest absolute Gasteiger partial charge is 0.462 e. The third kappa shape index (κ3) is 3.51. The van der Waals surface area contributed by atoms with Gasteiger partial charge >= 0.3 is 5.97 Å². The van der Waals surface area contributed by atoms with Crippen molar-refractivity contribution in [2.45, 2.75) is 6.92 Å². The lowest BCUT2D eigenvalue weighted by atomic mass is 10.1. The van der Waals surface area contributed by atoms with Crippen LogP contribution in [-0.4, -0.2) is 52.9 Å². The molecule has 29 heavy (non-hydrogen) atoms. The Morgan fingerprint density at radius 3 is 2.79 bits per heavy atom. The Labute approximate surface area is 166 Å². The zero-order valence-corrected chi connectivity index (χ0v) is 16.1. The fourth-order valence-electron chi connectivity index (χ4n) is 3.53. The van der Waals surface area contributed by atoms with Crippen molar-refractivity contribution in [2.75, 3.05) is 36.0 Å². The quantitative estimate of drug-likeness (QED) is 0.628. The smallest absolute Gasteiger partial charge is 0.341 e. The third-order valence-corrected chi connectivity index (χ3v) is 4.84. The number of hydrogen-bond donors (Lipinski definition) is 0. The van der Waals surface area contributed by atoms with E-state index in [0.29, 0.717) is 35.4 Å². The second kappa shape index (κ2) is 7.50. The highest BCUT2D eigenvalue weighted by Crippen LogP contribution is 2.32. The maximum Gasteiger partial charge on any atom is 0.341 e. The minimum absolute atomic E-state index is 0.0386. The molecule has 9 heteroatoms. The first-order valence-electron chi connectivity index (χ1n) is 9.27. The first-order valence-corrected chi connectivity index (χ1v) is 9.27. The molecule has 0 bridgehead atoms. The van der Waals surface area contributed by atoms with Crippen molar-refractivity contribution in [3.63, 3.8) is 0 Å². The number of carbonyl (C=O) groups is 2. The Kier molecular flexibility index (Phi) is 4.87. The van der Waals surface area contributed by atoms with Crippen molar-refractivity contribution in [3.8, 4) is 0 Å². The van der Waals surface area contributed by atoms with Crippen LogP contribution in [-0.2, 0) is 16.6 Å². The number of aromatic nitrogens is 3. The number of carbonyl (C=O) groups excluding carboxylic acids is 2. The van der Waals surface area contributed by atoms with Crippen molar-refractivity contribution in [1.82, 2.24) is 14.8 Å². The number of hydrogen-bond acceptors (Lipinski definition) is 6. The molecule has 3 aromatic rings. The van der Waals surface area contributed by atoms with Crippen molar-refractivity contribution in [2.24, 2.45) is 7.05 Å². The molecule has 1 amide bonds. The number of fused-ring (bicyclic) bond motifs is 1. The fourth-order valence-corrected chi connectivity index (χ4v) is 3.53. The van der Waals surface area contributed by atoms with E-state index in [-0.39, 0.29) is 24.6 Å². The number of halogens is 1. The molecule has 0 unspecified atom stereocenters. The van der Waals surface area contributed by atoms with E-state index in [0.717, 1.165) is 0 Å². The van der Waals surface area contributed by atoms with Gasteiger partial charge in [-0.25, -0.2) is 9.18 Å². The summed E-state index contributed by atoms with van der Waals surface area (Å²) >= 11 is 0. The van der Waals surface area contributed by atoms with Crippen LogP contribution in [0.1, 0.15) is 17.3 Å². The molecule has 1 fully saturated rings. The molecule has 0 spiro atoms.